The second-order valence-electron chi connectivity index (χ2n) is 9.89. The van der Waals surface area contributed by atoms with E-state index < -0.39 is 28.7 Å². The number of carbonyl (C=O) groups excluding carboxylic acids is 2. The normalized spacial score (nSPS) is 20.6. The van der Waals surface area contributed by atoms with Gasteiger partial charge in [0.25, 0.3) is 5.91 Å². The number of pyridine rings is 1. The summed E-state index contributed by atoms with van der Waals surface area (Å²) in [5, 5.41) is 13.4. The fourth-order valence-corrected chi connectivity index (χ4v) is 5.90. The van der Waals surface area contributed by atoms with Gasteiger partial charge in [-0.05, 0) is 44.6 Å². The molecule has 182 valence electrons. The zero-order chi connectivity index (χ0) is 24.6. The highest BCUT2D eigenvalue weighted by Gasteiger charge is 2.41. The Balaban J connectivity index is 1.80. The number of ketones is 1. The fraction of sp³-hybridized carbons (Fsp3) is 0.519. The Kier molecular flexibility index (Phi) is 6.91. The van der Waals surface area contributed by atoms with Crippen LogP contribution in [0.5, 0.6) is 5.75 Å². The molecule has 34 heavy (non-hydrogen) atoms. The first kappa shape index (κ1) is 24.2. The fourth-order valence-electron chi connectivity index (χ4n) is 5.90. The number of aromatic hydroxyl groups is 1. The summed E-state index contributed by atoms with van der Waals surface area (Å²) in [5.74, 6) is -1.87. The van der Waals surface area contributed by atoms with Crippen molar-refractivity contribution in [3.05, 3.63) is 62.3 Å². The number of aromatic nitrogens is 1. The van der Waals surface area contributed by atoms with Crippen LogP contribution in [0.25, 0.3) is 0 Å². The molecule has 4 rings (SSSR count). The van der Waals surface area contributed by atoms with Crippen LogP contribution in [0.3, 0.4) is 0 Å². The van der Waals surface area contributed by atoms with Crippen LogP contribution in [0.2, 0.25) is 0 Å². The Morgan fingerprint density at radius 1 is 1.18 bits per heavy atom. The van der Waals surface area contributed by atoms with Crippen molar-refractivity contribution < 1.29 is 19.1 Å². The van der Waals surface area contributed by atoms with Crippen LogP contribution in [-0.4, -0.2) is 21.4 Å². The Hall–Kier alpha value is -2.96. The average molecular weight is 469 g/mol. The predicted molar refractivity (Wildman–Crippen MR) is 128 cm³/mol. The van der Waals surface area contributed by atoms with E-state index in [1.807, 2.05) is 6.92 Å². The van der Waals surface area contributed by atoms with Gasteiger partial charge in [-0.1, -0.05) is 43.9 Å². The molecule has 6 nitrogen and oxygen atoms in total. The molecule has 0 saturated heterocycles. The summed E-state index contributed by atoms with van der Waals surface area (Å²) in [4.78, 5) is 39.1. The summed E-state index contributed by atoms with van der Waals surface area (Å²) >= 11 is 0. The molecule has 2 aromatic rings. The van der Waals surface area contributed by atoms with Crippen molar-refractivity contribution in [3.8, 4) is 5.75 Å². The number of Topliss-reactive ketones (excluding diaryl/α,β-unsaturated/α-hetero) is 1. The number of hydrogen-bond acceptors (Lipinski definition) is 4. The topological polar surface area (TPSA) is 88.4 Å². The van der Waals surface area contributed by atoms with Crippen molar-refractivity contribution in [1.29, 1.82) is 0 Å². The van der Waals surface area contributed by atoms with Gasteiger partial charge in [0.2, 0.25) is 5.43 Å². The second-order valence-corrected chi connectivity index (χ2v) is 9.89. The van der Waals surface area contributed by atoms with Crippen molar-refractivity contribution >= 4 is 11.7 Å². The molecule has 1 aliphatic carbocycles. The number of amides is 1. The van der Waals surface area contributed by atoms with Gasteiger partial charge in [-0.15, -0.1) is 0 Å². The molecule has 1 fully saturated rings. The lowest BCUT2D eigenvalue weighted by Crippen LogP contribution is -2.34. The van der Waals surface area contributed by atoms with Crippen molar-refractivity contribution in [2.75, 3.05) is 0 Å². The van der Waals surface area contributed by atoms with Gasteiger partial charge < -0.3 is 15.0 Å². The third-order valence-electron chi connectivity index (χ3n) is 7.55. The zero-order valence-corrected chi connectivity index (χ0v) is 20.1. The van der Waals surface area contributed by atoms with Crippen LogP contribution in [0, 0.1) is 18.7 Å². The van der Waals surface area contributed by atoms with Crippen LogP contribution in [0.15, 0.2) is 23.0 Å². The molecule has 2 N–H and O–H groups in total. The van der Waals surface area contributed by atoms with E-state index in [2.05, 4.69) is 5.32 Å². The minimum atomic E-state index is -0.827. The summed E-state index contributed by atoms with van der Waals surface area (Å²) in [7, 11) is 0. The average Bonchev–Trinajstić information content (AvgIpc) is 2.97. The molecular weight excluding hydrogens is 435 g/mol. The molecule has 2 aliphatic rings. The highest BCUT2D eigenvalue weighted by molar-refractivity contribution is 6.00. The lowest BCUT2D eigenvalue weighted by Gasteiger charge is -2.25. The van der Waals surface area contributed by atoms with Crippen molar-refractivity contribution in [1.82, 2.24) is 9.88 Å². The van der Waals surface area contributed by atoms with E-state index in [1.165, 1.54) is 19.8 Å². The molecule has 2 heterocycles. The van der Waals surface area contributed by atoms with E-state index in [0.717, 1.165) is 25.7 Å². The number of aryl methyl sites for hydroxylation is 1. The summed E-state index contributed by atoms with van der Waals surface area (Å²) in [6, 6.07) is 4.82. The van der Waals surface area contributed by atoms with Crippen molar-refractivity contribution in [2.45, 2.75) is 84.2 Å². The van der Waals surface area contributed by atoms with Crippen molar-refractivity contribution in [2.24, 2.45) is 5.92 Å². The summed E-state index contributed by atoms with van der Waals surface area (Å²) in [6.07, 6.45) is 7.29. The summed E-state index contributed by atoms with van der Waals surface area (Å²) < 4.78 is 16.2. The van der Waals surface area contributed by atoms with E-state index in [9.17, 15) is 23.9 Å². The van der Waals surface area contributed by atoms with Crippen LogP contribution < -0.4 is 10.7 Å². The molecule has 1 aliphatic heterocycles. The third-order valence-corrected chi connectivity index (χ3v) is 7.55. The maximum absolute atomic E-state index is 14.5. The first-order valence-corrected chi connectivity index (χ1v) is 12.3. The number of nitrogens with one attached hydrogen (secondary N) is 1. The number of hydrogen-bond donors (Lipinski definition) is 2. The zero-order valence-electron chi connectivity index (χ0n) is 20.1. The quantitative estimate of drug-likeness (QED) is 0.469. The number of nitrogens with zero attached hydrogens (tertiary/aromatic N) is 1. The van der Waals surface area contributed by atoms with E-state index in [0.29, 0.717) is 29.2 Å². The summed E-state index contributed by atoms with van der Waals surface area (Å²) in [6.45, 7) is 4.86. The lowest BCUT2D eigenvalue weighted by atomic mass is 9.81. The molecule has 1 amide bonds. The van der Waals surface area contributed by atoms with Gasteiger partial charge in [-0.25, -0.2) is 4.39 Å². The largest absolute Gasteiger partial charge is 0.503 e. The molecule has 1 aromatic carbocycles. The molecule has 0 bridgehead atoms. The van der Waals surface area contributed by atoms with Gasteiger partial charge in [-0.3, -0.25) is 14.4 Å². The number of rotatable bonds is 5. The van der Waals surface area contributed by atoms with Gasteiger partial charge in [0.15, 0.2) is 11.5 Å². The Bertz CT molecular complexity index is 1180. The van der Waals surface area contributed by atoms with E-state index >= 15 is 0 Å². The van der Waals surface area contributed by atoms with E-state index in [1.54, 1.807) is 29.7 Å². The lowest BCUT2D eigenvalue weighted by molar-refractivity contribution is 0.0941. The molecule has 1 unspecified atom stereocenters. The molecule has 2 atom stereocenters. The van der Waals surface area contributed by atoms with Gasteiger partial charge in [0.1, 0.15) is 17.1 Å². The molecule has 7 heteroatoms. The van der Waals surface area contributed by atoms with Crippen LogP contribution in [0.1, 0.15) is 108 Å². The van der Waals surface area contributed by atoms with E-state index in [4.69, 9.17) is 0 Å². The molecule has 1 saturated carbocycles. The van der Waals surface area contributed by atoms with Gasteiger partial charge in [0, 0.05) is 36.7 Å². The molecule has 1 aromatic heterocycles. The monoisotopic (exact) mass is 468 g/mol. The number of carbonyl (C=O) groups is 2. The van der Waals surface area contributed by atoms with E-state index in [-0.39, 0.29) is 29.8 Å². The number of halogens is 1. The minimum Gasteiger partial charge on any atom is -0.503 e. The van der Waals surface area contributed by atoms with Gasteiger partial charge >= 0.3 is 0 Å². The number of fused-ring (bicyclic) bond motifs is 1. The summed E-state index contributed by atoms with van der Waals surface area (Å²) in [5.41, 5.74) is 0.377. The standard InChI is InChI=1S/C27H33FN2O4/c1-15-9-8-12-19(22(15)28)14-29-27(34)21-24-20(18-10-6-4-5-7-11-18)13-16(2)30(24)23(17(3)31)26(33)25(21)32/h8-9,12,16,18,20,33H,4-7,10-11,13-14H2,1-3H3,(H,29,34)/t16-,20?/m1/s1. The Morgan fingerprint density at radius 3 is 2.50 bits per heavy atom. The van der Waals surface area contributed by atoms with Crippen LogP contribution >= 0.6 is 0 Å². The van der Waals surface area contributed by atoms with Gasteiger partial charge in [0.05, 0.1) is 0 Å². The predicted octanol–water partition coefficient (Wildman–Crippen LogP) is 5.15. The highest BCUT2D eigenvalue weighted by Crippen LogP contribution is 2.47. The number of benzene rings is 1. The minimum absolute atomic E-state index is 0.0232. The second kappa shape index (κ2) is 9.72. The smallest absolute Gasteiger partial charge is 0.257 e. The van der Waals surface area contributed by atoms with Crippen LogP contribution in [0.4, 0.5) is 4.39 Å². The molecular formula is C27H33FN2O4. The highest BCUT2D eigenvalue weighted by atomic mass is 19.1. The maximum atomic E-state index is 14.5. The Morgan fingerprint density at radius 2 is 1.85 bits per heavy atom. The molecule has 0 radical (unpaired) electrons. The Labute approximate surface area is 199 Å². The maximum Gasteiger partial charge on any atom is 0.257 e. The first-order chi connectivity index (χ1) is 16.2. The van der Waals surface area contributed by atoms with Gasteiger partial charge in [-0.2, -0.15) is 0 Å². The molecule has 0 spiro atoms. The van der Waals surface area contributed by atoms with Crippen molar-refractivity contribution in [3.63, 3.8) is 0 Å². The third kappa shape index (κ3) is 4.28. The van der Waals surface area contributed by atoms with Crippen LogP contribution in [-0.2, 0) is 6.54 Å². The first-order valence-electron chi connectivity index (χ1n) is 12.3. The SMILES string of the molecule is CC(=O)c1c(O)c(=O)c(C(=O)NCc2cccc(C)c2F)c2n1[C@H](C)CC2C1CCCCCC1.